The summed E-state index contributed by atoms with van der Waals surface area (Å²) in [6, 6.07) is 0. The van der Waals surface area contributed by atoms with Crippen molar-refractivity contribution in [3.63, 3.8) is 0 Å². The number of nitrogens with zero attached hydrogens (tertiary/aromatic N) is 5. The minimum Gasteiger partial charge on any atom is -0.344 e. The molecule has 0 radical (unpaired) electrons. The highest BCUT2D eigenvalue weighted by Crippen LogP contribution is 2.23. The van der Waals surface area contributed by atoms with E-state index in [1.165, 1.54) is 16.2 Å². The van der Waals surface area contributed by atoms with Crippen molar-refractivity contribution in [2.45, 2.75) is 20.4 Å². The van der Waals surface area contributed by atoms with Crippen LogP contribution in [0, 0.1) is 13.8 Å². The summed E-state index contributed by atoms with van der Waals surface area (Å²) in [4.78, 5) is 32.5. The van der Waals surface area contributed by atoms with Gasteiger partial charge in [-0.2, -0.15) is 5.10 Å². The summed E-state index contributed by atoms with van der Waals surface area (Å²) in [6.07, 6.45) is 1.81. The topological polar surface area (TPSA) is 83.4 Å². The second-order valence-electron chi connectivity index (χ2n) is 6.23. The van der Waals surface area contributed by atoms with E-state index >= 15 is 0 Å². The van der Waals surface area contributed by atoms with Gasteiger partial charge in [0.2, 0.25) is 5.91 Å². The number of hydrogen-bond donors (Lipinski definition) is 1. The number of likely N-dealkylation sites (N-methyl/N-ethyl adjacent to an activating group) is 1. The number of hydrogen-bond acceptors (Lipinski definition) is 6. The standard InChI is InChI=1S/C16H24N6O2S/c1-10-14(15(24)20(3)4)25-16(18-10)19-13(23)9-21(5)8-12-7-17-22(6)11(12)2/h7H,8-9H2,1-6H3,(H,18,19,23). The van der Waals surface area contributed by atoms with Gasteiger partial charge in [-0.15, -0.1) is 0 Å². The Labute approximate surface area is 151 Å². The molecular weight excluding hydrogens is 340 g/mol. The average Bonchev–Trinajstić information content (AvgIpc) is 3.03. The number of carbonyl (C=O) groups is 2. The second kappa shape index (κ2) is 7.75. The molecule has 0 saturated heterocycles. The fourth-order valence-corrected chi connectivity index (χ4v) is 3.31. The third-order valence-electron chi connectivity index (χ3n) is 3.83. The zero-order valence-corrected chi connectivity index (χ0v) is 16.3. The van der Waals surface area contributed by atoms with E-state index in [-0.39, 0.29) is 18.4 Å². The van der Waals surface area contributed by atoms with Crippen molar-refractivity contribution in [2.75, 3.05) is 33.0 Å². The van der Waals surface area contributed by atoms with E-state index in [1.54, 1.807) is 21.0 Å². The van der Waals surface area contributed by atoms with Crippen LogP contribution in [0.4, 0.5) is 5.13 Å². The molecule has 0 fully saturated rings. The van der Waals surface area contributed by atoms with E-state index in [4.69, 9.17) is 0 Å². The fraction of sp³-hybridized carbons (Fsp3) is 0.500. The summed E-state index contributed by atoms with van der Waals surface area (Å²) in [5.41, 5.74) is 2.79. The zero-order valence-electron chi connectivity index (χ0n) is 15.5. The van der Waals surface area contributed by atoms with Gasteiger partial charge in [-0.05, 0) is 20.9 Å². The van der Waals surface area contributed by atoms with Gasteiger partial charge in [0.15, 0.2) is 5.13 Å². The Hall–Kier alpha value is -2.26. The van der Waals surface area contributed by atoms with Gasteiger partial charge in [0.25, 0.3) is 5.91 Å². The Morgan fingerprint density at radius 2 is 1.96 bits per heavy atom. The van der Waals surface area contributed by atoms with Crippen LogP contribution in [0.2, 0.25) is 0 Å². The minimum atomic E-state index is -0.165. The van der Waals surface area contributed by atoms with Crippen LogP contribution in [0.5, 0.6) is 0 Å². The Morgan fingerprint density at radius 3 is 2.52 bits per heavy atom. The number of aryl methyl sites for hydroxylation is 2. The summed E-state index contributed by atoms with van der Waals surface area (Å²) in [5.74, 6) is -0.277. The van der Waals surface area contributed by atoms with Crippen LogP contribution in [-0.2, 0) is 18.4 Å². The summed E-state index contributed by atoms with van der Waals surface area (Å²) >= 11 is 1.19. The van der Waals surface area contributed by atoms with Crippen molar-refractivity contribution in [2.24, 2.45) is 7.05 Å². The molecule has 0 aromatic carbocycles. The first kappa shape index (κ1) is 19.1. The van der Waals surface area contributed by atoms with Gasteiger partial charge in [-0.1, -0.05) is 11.3 Å². The van der Waals surface area contributed by atoms with Gasteiger partial charge < -0.3 is 10.2 Å². The van der Waals surface area contributed by atoms with Crippen LogP contribution < -0.4 is 5.32 Å². The average molecular weight is 364 g/mol. The van der Waals surface area contributed by atoms with Crippen LogP contribution in [0.1, 0.15) is 26.6 Å². The smallest absolute Gasteiger partial charge is 0.265 e. The first-order chi connectivity index (χ1) is 11.7. The number of nitrogens with one attached hydrogen (secondary N) is 1. The molecule has 0 bridgehead atoms. The molecule has 25 heavy (non-hydrogen) atoms. The summed E-state index contributed by atoms with van der Waals surface area (Å²) in [5, 5.41) is 7.42. The molecule has 0 aliphatic heterocycles. The van der Waals surface area contributed by atoms with Crippen molar-refractivity contribution in [3.8, 4) is 0 Å². The first-order valence-electron chi connectivity index (χ1n) is 7.84. The van der Waals surface area contributed by atoms with E-state index in [0.717, 1.165) is 11.3 Å². The van der Waals surface area contributed by atoms with E-state index < -0.39 is 0 Å². The Morgan fingerprint density at radius 1 is 1.28 bits per heavy atom. The Balaban J connectivity index is 1.95. The normalized spacial score (nSPS) is 11.0. The van der Waals surface area contributed by atoms with Gasteiger partial charge >= 0.3 is 0 Å². The molecule has 2 rings (SSSR count). The van der Waals surface area contributed by atoms with Crippen LogP contribution in [-0.4, -0.2) is 64.1 Å². The minimum absolute atomic E-state index is 0.111. The van der Waals surface area contributed by atoms with Crippen molar-refractivity contribution < 1.29 is 9.59 Å². The number of amides is 2. The quantitative estimate of drug-likeness (QED) is 0.834. The molecule has 0 aliphatic rings. The second-order valence-corrected chi connectivity index (χ2v) is 7.23. The first-order valence-corrected chi connectivity index (χ1v) is 8.65. The maximum atomic E-state index is 12.2. The molecule has 0 aliphatic carbocycles. The van der Waals surface area contributed by atoms with Crippen LogP contribution in [0.25, 0.3) is 0 Å². The lowest BCUT2D eigenvalue weighted by molar-refractivity contribution is -0.117. The van der Waals surface area contributed by atoms with Gasteiger partial charge in [0, 0.05) is 38.9 Å². The summed E-state index contributed by atoms with van der Waals surface area (Å²) < 4.78 is 1.81. The SMILES string of the molecule is Cc1nc(NC(=O)CN(C)Cc2cnn(C)c2C)sc1C(=O)N(C)C. The predicted molar refractivity (Wildman–Crippen MR) is 97.8 cm³/mol. The molecule has 8 nitrogen and oxygen atoms in total. The highest BCUT2D eigenvalue weighted by molar-refractivity contribution is 7.17. The van der Waals surface area contributed by atoms with Crippen LogP contribution in [0.3, 0.4) is 0 Å². The van der Waals surface area contributed by atoms with E-state index in [1.807, 2.05) is 36.8 Å². The number of carbonyl (C=O) groups excluding carboxylic acids is 2. The molecule has 0 spiro atoms. The van der Waals surface area contributed by atoms with Gasteiger partial charge in [0.05, 0.1) is 18.4 Å². The number of aromatic nitrogens is 3. The number of rotatable bonds is 6. The zero-order chi connectivity index (χ0) is 18.7. The largest absolute Gasteiger partial charge is 0.344 e. The lowest BCUT2D eigenvalue weighted by atomic mass is 10.2. The van der Waals surface area contributed by atoms with Crippen LogP contribution >= 0.6 is 11.3 Å². The van der Waals surface area contributed by atoms with Gasteiger partial charge in [-0.25, -0.2) is 4.98 Å². The third kappa shape index (κ3) is 4.64. The lowest BCUT2D eigenvalue weighted by Crippen LogP contribution is -2.29. The third-order valence-corrected chi connectivity index (χ3v) is 4.89. The molecule has 2 aromatic heterocycles. The fourth-order valence-electron chi connectivity index (χ4n) is 2.30. The lowest BCUT2D eigenvalue weighted by Gasteiger charge is -2.15. The highest BCUT2D eigenvalue weighted by atomic mass is 32.1. The van der Waals surface area contributed by atoms with E-state index in [0.29, 0.717) is 22.2 Å². The Kier molecular flexibility index (Phi) is 5.91. The van der Waals surface area contributed by atoms with Crippen molar-refractivity contribution in [1.29, 1.82) is 0 Å². The molecule has 2 heterocycles. The molecule has 1 N–H and O–H groups in total. The van der Waals surface area contributed by atoms with E-state index in [9.17, 15) is 9.59 Å². The summed E-state index contributed by atoms with van der Waals surface area (Å²) in [7, 11) is 7.15. The highest BCUT2D eigenvalue weighted by Gasteiger charge is 2.18. The van der Waals surface area contributed by atoms with Crippen LogP contribution in [0.15, 0.2) is 6.20 Å². The monoisotopic (exact) mass is 364 g/mol. The predicted octanol–water partition coefficient (Wildman–Crippen LogP) is 1.27. The van der Waals surface area contributed by atoms with E-state index in [2.05, 4.69) is 15.4 Å². The molecule has 2 aromatic rings. The molecule has 9 heteroatoms. The van der Waals surface area contributed by atoms with Gasteiger partial charge in [0.1, 0.15) is 4.88 Å². The number of anilines is 1. The maximum Gasteiger partial charge on any atom is 0.265 e. The molecule has 0 saturated carbocycles. The summed E-state index contributed by atoms with van der Waals surface area (Å²) in [6.45, 7) is 4.62. The van der Waals surface area contributed by atoms with Crippen molar-refractivity contribution in [3.05, 3.63) is 28.0 Å². The molecule has 136 valence electrons. The van der Waals surface area contributed by atoms with Crippen molar-refractivity contribution in [1.82, 2.24) is 24.6 Å². The molecular formula is C16H24N6O2S. The number of thiazole rings is 1. The van der Waals surface area contributed by atoms with Crippen molar-refractivity contribution >= 4 is 28.3 Å². The molecule has 0 atom stereocenters. The van der Waals surface area contributed by atoms with Gasteiger partial charge in [-0.3, -0.25) is 19.2 Å². The Bertz CT molecular complexity index is 780. The molecule has 0 unspecified atom stereocenters. The molecule has 2 amide bonds. The maximum absolute atomic E-state index is 12.2.